The van der Waals surface area contributed by atoms with Crippen molar-refractivity contribution in [1.29, 1.82) is 0 Å². The van der Waals surface area contributed by atoms with E-state index in [1.807, 2.05) is 0 Å². The van der Waals surface area contributed by atoms with E-state index in [-0.39, 0.29) is 6.04 Å². The standard InChI is InChI=1S/C10H18N2O4/c1-10(2,3)16-9(15)12(8(13)14)7-4-5-11-6-7/h7,11H,4-6H2,1-3H3,(H,13,14). The number of hydrogen-bond donors (Lipinski definition) is 2. The predicted molar refractivity (Wildman–Crippen MR) is 57.4 cm³/mol. The van der Waals surface area contributed by atoms with Crippen molar-refractivity contribution in [3.63, 3.8) is 0 Å². The van der Waals surface area contributed by atoms with Crippen LogP contribution in [0.25, 0.3) is 0 Å². The molecule has 0 bridgehead atoms. The molecule has 1 aliphatic heterocycles. The number of imide groups is 1. The molecule has 2 N–H and O–H groups in total. The van der Waals surface area contributed by atoms with Crippen LogP contribution in [0.15, 0.2) is 0 Å². The van der Waals surface area contributed by atoms with E-state index in [1.54, 1.807) is 20.8 Å². The van der Waals surface area contributed by atoms with Crippen LogP contribution in [0.4, 0.5) is 9.59 Å². The van der Waals surface area contributed by atoms with Crippen molar-refractivity contribution in [2.24, 2.45) is 0 Å². The molecule has 1 atom stereocenters. The van der Waals surface area contributed by atoms with Crippen molar-refractivity contribution in [3.8, 4) is 0 Å². The molecule has 6 heteroatoms. The van der Waals surface area contributed by atoms with Crippen LogP contribution in [0.3, 0.4) is 0 Å². The Morgan fingerprint density at radius 2 is 2.06 bits per heavy atom. The van der Waals surface area contributed by atoms with Gasteiger partial charge >= 0.3 is 12.2 Å². The zero-order valence-electron chi connectivity index (χ0n) is 9.82. The summed E-state index contributed by atoms with van der Waals surface area (Å²) in [6.45, 7) is 6.33. The number of rotatable bonds is 1. The molecule has 6 nitrogen and oxygen atoms in total. The molecule has 1 heterocycles. The van der Waals surface area contributed by atoms with Crippen molar-refractivity contribution in [1.82, 2.24) is 10.2 Å². The summed E-state index contributed by atoms with van der Waals surface area (Å²) >= 11 is 0. The summed E-state index contributed by atoms with van der Waals surface area (Å²) in [4.78, 5) is 23.5. The van der Waals surface area contributed by atoms with Crippen molar-refractivity contribution in [3.05, 3.63) is 0 Å². The highest BCUT2D eigenvalue weighted by molar-refractivity contribution is 5.87. The number of carbonyl (C=O) groups excluding carboxylic acids is 1. The molecule has 0 spiro atoms. The fraction of sp³-hybridized carbons (Fsp3) is 0.800. The number of carbonyl (C=O) groups is 2. The molecule has 1 aliphatic rings. The fourth-order valence-electron chi connectivity index (χ4n) is 1.55. The lowest BCUT2D eigenvalue weighted by molar-refractivity contribution is 0.0205. The van der Waals surface area contributed by atoms with E-state index < -0.39 is 17.8 Å². The normalized spacial score (nSPS) is 20.6. The van der Waals surface area contributed by atoms with Gasteiger partial charge in [-0.1, -0.05) is 0 Å². The number of carboxylic acid groups (broad SMARTS) is 1. The van der Waals surface area contributed by atoms with Gasteiger partial charge in [-0.25, -0.2) is 14.5 Å². The van der Waals surface area contributed by atoms with Gasteiger partial charge in [0.15, 0.2) is 0 Å². The van der Waals surface area contributed by atoms with Gasteiger partial charge in [-0.2, -0.15) is 0 Å². The summed E-state index contributed by atoms with van der Waals surface area (Å²) in [7, 11) is 0. The van der Waals surface area contributed by atoms with E-state index in [9.17, 15) is 9.59 Å². The summed E-state index contributed by atoms with van der Waals surface area (Å²) < 4.78 is 5.05. The molecule has 1 rings (SSSR count). The highest BCUT2D eigenvalue weighted by atomic mass is 16.6. The first-order chi connectivity index (χ1) is 7.31. The Morgan fingerprint density at radius 3 is 2.44 bits per heavy atom. The summed E-state index contributed by atoms with van der Waals surface area (Å²) in [5.74, 6) is 0. The van der Waals surface area contributed by atoms with Crippen molar-refractivity contribution in [2.75, 3.05) is 13.1 Å². The number of amides is 2. The van der Waals surface area contributed by atoms with Gasteiger partial charge < -0.3 is 15.2 Å². The zero-order chi connectivity index (χ0) is 12.3. The Morgan fingerprint density at radius 1 is 1.44 bits per heavy atom. The average molecular weight is 230 g/mol. The number of nitrogens with zero attached hydrogens (tertiary/aromatic N) is 1. The van der Waals surface area contributed by atoms with Crippen LogP contribution in [0.2, 0.25) is 0 Å². The van der Waals surface area contributed by atoms with Gasteiger partial charge in [0.1, 0.15) is 5.60 Å². The van der Waals surface area contributed by atoms with Crippen LogP contribution in [0.1, 0.15) is 27.2 Å². The lowest BCUT2D eigenvalue weighted by atomic mass is 10.2. The Bertz CT molecular complexity index is 279. The number of nitrogens with one attached hydrogen (secondary N) is 1. The van der Waals surface area contributed by atoms with Gasteiger partial charge in [0.2, 0.25) is 0 Å². The van der Waals surface area contributed by atoms with E-state index in [2.05, 4.69) is 5.32 Å². The maximum atomic E-state index is 11.7. The van der Waals surface area contributed by atoms with Crippen molar-refractivity contribution >= 4 is 12.2 Å². The minimum Gasteiger partial charge on any atom is -0.465 e. The maximum absolute atomic E-state index is 11.7. The lowest BCUT2D eigenvalue weighted by Gasteiger charge is -2.27. The minimum absolute atomic E-state index is 0.327. The Balaban J connectivity index is 2.70. The van der Waals surface area contributed by atoms with E-state index >= 15 is 0 Å². The summed E-state index contributed by atoms with van der Waals surface area (Å²) in [5, 5.41) is 12.0. The molecular weight excluding hydrogens is 212 g/mol. The molecule has 92 valence electrons. The Kier molecular flexibility index (Phi) is 3.74. The molecule has 1 unspecified atom stereocenters. The first kappa shape index (κ1) is 12.8. The monoisotopic (exact) mass is 230 g/mol. The van der Waals surface area contributed by atoms with Crippen LogP contribution in [-0.2, 0) is 4.74 Å². The maximum Gasteiger partial charge on any atom is 0.420 e. The zero-order valence-corrected chi connectivity index (χ0v) is 9.82. The fourth-order valence-corrected chi connectivity index (χ4v) is 1.55. The molecule has 0 saturated carbocycles. The molecular formula is C10H18N2O4. The van der Waals surface area contributed by atoms with E-state index in [0.717, 1.165) is 11.4 Å². The van der Waals surface area contributed by atoms with Crippen molar-refractivity contribution in [2.45, 2.75) is 38.8 Å². The van der Waals surface area contributed by atoms with Crippen LogP contribution in [0.5, 0.6) is 0 Å². The molecule has 1 fully saturated rings. The van der Waals surface area contributed by atoms with E-state index in [1.165, 1.54) is 0 Å². The topological polar surface area (TPSA) is 78.9 Å². The van der Waals surface area contributed by atoms with Gasteiger partial charge in [0, 0.05) is 6.54 Å². The second-order valence-electron chi connectivity index (χ2n) is 4.78. The second-order valence-corrected chi connectivity index (χ2v) is 4.78. The molecule has 0 aromatic rings. The molecule has 1 saturated heterocycles. The third kappa shape index (κ3) is 3.37. The van der Waals surface area contributed by atoms with Crippen LogP contribution >= 0.6 is 0 Å². The summed E-state index contributed by atoms with van der Waals surface area (Å²) in [6, 6.07) is -0.327. The van der Waals surface area contributed by atoms with Gasteiger partial charge in [0.25, 0.3) is 0 Å². The first-order valence-electron chi connectivity index (χ1n) is 5.27. The molecule has 0 aromatic heterocycles. The summed E-state index contributed by atoms with van der Waals surface area (Å²) in [6.07, 6.45) is -1.43. The van der Waals surface area contributed by atoms with Crippen LogP contribution in [-0.4, -0.2) is 46.9 Å². The van der Waals surface area contributed by atoms with Crippen LogP contribution in [0, 0.1) is 0 Å². The highest BCUT2D eigenvalue weighted by Crippen LogP contribution is 2.15. The van der Waals surface area contributed by atoms with E-state index in [0.29, 0.717) is 13.0 Å². The van der Waals surface area contributed by atoms with E-state index in [4.69, 9.17) is 9.84 Å². The molecule has 0 radical (unpaired) electrons. The largest absolute Gasteiger partial charge is 0.465 e. The Labute approximate surface area is 94.6 Å². The first-order valence-corrected chi connectivity index (χ1v) is 5.27. The predicted octanol–water partition coefficient (Wildman–Crippen LogP) is 1.26. The molecule has 16 heavy (non-hydrogen) atoms. The summed E-state index contributed by atoms with van der Waals surface area (Å²) in [5.41, 5.74) is -0.684. The quantitative estimate of drug-likeness (QED) is 0.709. The number of ether oxygens (including phenoxy) is 1. The molecule has 0 aliphatic carbocycles. The smallest absolute Gasteiger partial charge is 0.420 e. The molecule has 0 aromatic carbocycles. The minimum atomic E-state index is -1.26. The third-order valence-electron chi connectivity index (χ3n) is 2.20. The van der Waals surface area contributed by atoms with Gasteiger partial charge in [-0.15, -0.1) is 0 Å². The van der Waals surface area contributed by atoms with Crippen LogP contribution < -0.4 is 5.32 Å². The highest BCUT2D eigenvalue weighted by Gasteiger charge is 2.34. The molecule has 2 amide bonds. The van der Waals surface area contributed by atoms with Gasteiger partial charge in [-0.3, -0.25) is 0 Å². The Hall–Kier alpha value is -1.30. The second kappa shape index (κ2) is 4.69. The average Bonchev–Trinajstić information content (AvgIpc) is 2.52. The third-order valence-corrected chi connectivity index (χ3v) is 2.20. The lowest BCUT2D eigenvalue weighted by Crippen LogP contribution is -2.47. The van der Waals surface area contributed by atoms with Crippen molar-refractivity contribution < 1.29 is 19.4 Å². The van der Waals surface area contributed by atoms with Gasteiger partial charge in [-0.05, 0) is 33.7 Å². The SMILES string of the molecule is CC(C)(C)OC(=O)N(C(=O)O)C1CCNC1. The van der Waals surface area contributed by atoms with Gasteiger partial charge in [0.05, 0.1) is 6.04 Å². The number of hydrogen-bond acceptors (Lipinski definition) is 4.